The molecule has 166 valence electrons. The van der Waals surface area contributed by atoms with Crippen molar-refractivity contribution in [1.82, 2.24) is 0 Å². The van der Waals surface area contributed by atoms with E-state index in [0.717, 1.165) is 13.8 Å². The molecule has 4 nitrogen and oxygen atoms in total. The molecule has 0 saturated heterocycles. The van der Waals surface area contributed by atoms with Crippen molar-refractivity contribution in [3.63, 3.8) is 0 Å². The summed E-state index contributed by atoms with van der Waals surface area (Å²) in [7, 11) is -9.12. The van der Waals surface area contributed by atoms with Crippen LogP contribution in [0, 0.1) is 54.6 Å². The second kappa shape index (κ2) is 7.84. The first-order valence-corrected chi connectivity index (χ1v) is 11.6. The molecule has 0 aliphatic carbocycles. The molecule has 2 aromatic carbocycles. The van der Waals surface area contributed by atoms with E-state index in [1.165, 1.54) is 0 Å². The summed E-state index contributed by atoms with van der Waals surface area (Å²) in [5.41, 5.74) is -5.05. The van der Waals surface area contributed by atoms with Crippen molar-refractivity contribution in [2.24, 2.45) is 0 Å². The molecule has 2 aromatic rings. The van der Waals surface area contributed by atoms with Crippen molar-refractivity contribution in [2.45, 2.75) is 18.7 Å². The van der Waals surface area contributed by atoms with Crippen LogP contribution in [0.1, 0.15) is 11.1 Å². The lowest BCUT2D eigenvalue weighted by Gasteiger charge is -2.16. The van der Waals surface area contributed by atoms with Gasteiger partial charge in [-0.3, -0.25) is 0 Å². The predicted molar refractivity (Wildman–Crippen MR) is 92.8 cm³/mol. The Bertz CT molecular complexity index is 1210. The molecule has 0 aromatic heterocycles. The number of hydrogen-bond acceptors (Lipinski definition) is 4. The van der Waals surface area contributed by atoms with Crippen molar-refractivity contribution < 1.29 is 47.6 Å². The third kappa shape index (κ3) is 4.04. The Morgan fingerprint density at radius 1 is 0.567 bits per heavy atom. The first-order valence-electron chi connectivity index (χ1n) is 7.93. The molecule has 13 heteroatoms. The van der Waals surface area contributed by atoms with Gasteiger partial charge in [-0.15, -0.1) is 0 Å². The first-order chi connectivity index (χ1) is 13.5. The van der Waals surface area contributed by atoms with Crippen LogP contribution in [0.25, 0.3) is 11.1 Å². The molecule has 0 amide bonds. The molecule has 0 aliphatic rings. The second-order valence-electron chi connectivity index (χ2n) is 6.48. The molecule has 0 fully saturated rings. The van der Waals surface area contributed by atoms with Crippen LogP contribution in [0.2, 0.25) is 0 Å². The molecular formula is C17H13F7O4S2. The second-order valence-corrected chi connectivity index (χ2v) is 10.8. The molecule has 30 heavy (non-hydrogen) atoms. The van der Waals surface area contributed by atoms with Crippen LogP contribution in [-0.2, 0) is 19.7 Å². The minimum atomic E-state index is -5.19. The minimum Gasteiger partial charge on any atom is -0.229 e. The molecule has 0 N–H and O–H groups in total. The Morgan fingerprint density at radius 3 is 1.43 bits per heavy atom. The molecule has 0 saturated carbocycles. The zero-order chi connectivity index (χ0) is 23.3. The first kappa shape index (κ1) is 24.1. The van der Waals surface area contributed by atoms with Gasteiger partial charge in [0, 0.05) is 17.4 Å². The van der Waals surface area contributed by atoms with E-state index in [1.54, 1.807) is 0 Å². The Balaban J connectivity index is 2.88. The van der Waals surface area contributed by atoms with Crippen LogP contribution < -0.4 is 0 Å². The molecule has 0 bridgehead atoms. The minimum absolute atomic E-state index is 0.617. The highest BCUT2D eigenvalue weighted by atomic mass is 32.2. The van der Waals surface area contributed by atoms with Crippen molar-refractivity contribution in [2.75, 3.05) is 17.8 Å². The maximum absolute atomic E-state index is 14.5. The number of halogens is 7. The Morgan fingerprint density at radius 2 is 1.00 bits per heavy atom. The van der Waals surface area contributed by atoms with E-state index in [9.17, 15) is 47.6 Å². The zero-order valence-corrected chi connectivity index (χ0v) is 17.1. The smallest absolute Gasteiger partial charge is 0.185 e. The highest BCUT2D eigenvalue weighted by Gasteiger charge is 2.36. The number of sulfone groups is 2. The fraction of sp³-hybridized carbons (Fsp3) is 0.294. The summed E-state index contributed by atoms with van der Waals surface area (Å²) in [6.45, 7) is 1.58. The van der Waals surface area contributed by atoms with E-state index >= 15 is 0 Å². The van der Waals surface area contributed by atoms with Crippen LogP contribution in [0.4, 0.5) is 30.7 Å². The largest absolute Gasteiger partial charge is 0.229 e. The van der Waals surface area contributed by atoms with Gasteiger partial charge in [0.1, 0.15) is 20.5 Å². The molecular weight excluding hydrogens is 465 g/mol. The maximum atomic E-state index is 14.5. The summed E-state index contributed by atoms with van der Waals surface area (Å²) >= 11 is 0. The normalized spacial score (nSPS) is 12.5. The lowest BCUT2D eigenvalue weighted by atomic mass is 9.95. The van der Waals surface area contributed by atoms with Gasteiger partial charge in [0.05, 0.1) is 17.1 Å². The lowest BCUT2D eigenvalue weighted by Crippen LogP contribution is -2.20. The zero-order valence-electron chi connectivity index (χ0n) is 15.5. The van der Waals surface area contributed by atoms with Gasteiger partial charge in [-0.05, 0) is 19.4 Å². The van der Waals surface area contributed by atoms with Crippen molar-refractivity contribution >= 4 is 19.7 Å². The lowest BCUT2D eigenvalue weighted by molar-refractivity contribution is 0.421. The van der Waals surface area contributed by atoms with Crippen molar-refractivity contribution in [3.05, 3.63) is 51.8 Å². The maximum Gasteiger partial charge on any atom is 0.185 e. The summed E-state index contributed by atoms with van der Waals surface area (Å²) < 4.78 is 147. The fourth-order valence-electron chi connectivity index (χ4n) is 2.69. The molecule has 0 spiro atoms. The molecule has 0 radical (unpaired) electrons. The Labute approximate surface area is 167 Å². The van der Waals surface area contributed by atoms with Gasteiger partial charge < -0.3 is 0 Å². The summed E-state index contributed by atoms with van der Waals surface area (Å²) in [6.07, 6.45) is 0.617. The van der Waals surface area contributed by atoms with E-state index < -0.39 is 99.1 Å². The summed E-state index contributed by atoms with van der Waals surface area (Å²) in [6, 6.07) is 0. The van der Waals surface area contributed by atoms with Gasteiger partial charge in [-0.2, -0.15) is 0 Å². The van der Waals surface area contributed by atoms with E-state index in [0.29, 0.717) is 6.26 Å². The van der Waals surface area contributed by atoms with E-state index in [1.807, 2.05) is 0 Å². The average Bonchev–Trinajstić information content (AvgIpc) is 2.64. The predicted octanol–water partition coefficient (Wildman–Crippen LogP) is 3.76. The van der Waals surface area contributed by atoms with Gasteiger partial charge in [0.2, 0.25) is 0 Å². The SMILES string of the molecule is Cc1c(F)c(C)c(-c2c(F)c(F)c(S(=O)(=O)CCS(C)(=O)=O)c(F)c2F)c(F)c1F. The van der Waals surface area contributed by atoms with Crippen molar-refractivity contribution in [1.29, 1.82) is 0 Å². The summed E-state index contributed by atoms with van der Waals surface area (Å²) in [4.78, 5) is -2.11. The Hall–Kier alpha value is -2.15. The van der Waals surface area contributed by atoms with E-state index in [4.69, 9.17) is 0 Å². The monoisotopic (exact) mass is 478 g/mol. The van der Waals surface area contributed by atoms with Crippen LogP contribution in [0.3, 0.4) is 0 Å². The fourth-order valence-corrected chi connectivity index (χ4v) is 5.71. The Kier molecular flexibility index (Phi) is 6.30. The molecule has 0 atom stereocenters. The number of hydrogen-bond donors (Lipinski definition) is 0. The van der Waals surface area contributed by atoms with E-state index in [-0.39, 0.29) is 0 Å². The molecule has 2 rings (SSSR count). The molecule has 0 unspecified atom stereocenters. The average molecular weight is 478 g/mol. The van der Waals surface area contributed by atoms with Gasteiger partial charge in [-0.25, -0.2) is 47.6 Å². The molecule has 0 aliphatic heterocycles. The van der Waals surface area contributed by atoms with Gasteiger partial charge >= 0.3 is 0 Å². The summed E-state index contributed by atoms with van der Waals surface area (Å²) in [5, 5.41) is 0. The van der Waals surface area contributed by atoms with Gasteiger partial charge in [-0.1, -0.05) is 0 Å². The quantitative estimate of drug-likeness (QED) is 0.485. The third-order valence-corrected chi connectivity index (χ3v) is 7.21. The van der Waals surface area contributed by atoms with Gasteiger partial charge in [0.15, 0.2) is 44.7 Å². The van der Waals surface area contributed by atoms with Crippen LogP contribution in [0.15, 0.2) is 4.90 Å². The topological polar surface area (TPSA) is 68.3 Å². The highest BCUT2D eigenvalue weighted by molar-refractivity contribution is 7.94. The van der Waals surface area contributed by atoms with Gasteiger partial charge in [0.25, 0.3) is 0 Å². The van der Waals surface area contributed by atoms with Crippen LogP contribution in [0.5, 0.6) is 0 Å². The standard InChI is InChI=1S/C17H13F7O4S2/c1-6-8(12(20)11(19)7(2)10(6)18)9-13(21)15(23)17(16(24)14(9)22)30(27,28)5-4-29(3,25)26/h4-5H2,1-3H3. The third-order valence-electron chi connectivity index (χ3n) is 4.28. The van der Waals surface area contributed by atoms with Crippen molar-refractivity contribution in [3.8, 4) is 11.1 Å². The molecule has 0 heterocycles. The number of benzene rings is 2. The summed E-state index contributed by atoms with van der Waals surface area (Å²) in [5.74, 6) is -17.6. The van der Waals surface area contributed by atoms with Crippen LogP contribution >= 0.6 is 0 Å². The highest BCUT2D eigenvalue weighted by Crippen LogP contribution is 2.39. The number of rotatable bonds is 5. The van der Waals surface area contributed by atoms with E-state index in [2.05, 4.69) is 0 Å². The van der Waals surface area contributed by atoms with Crippen LogP contribution in [-0.4, -0.2) is 34.6 Å².